The minimum atomic E-state index is 0.304. The van der Waals surface area contributed by atoms with E-state index in [9.17, 15) is 0 Å². The average molecular weight is 185 g/mol. The molecule has 1 aromatic heterocycles. The molecule has 3 nitrogen and oxygen atoms in total. The van der Waals surface area contributed by atoms with Crippen LogP contribution in [0.4, 0.5) is 0 Å². The molecule has 1 rings (SSSR count). The molecule has 0 radical (unpaired) electrons. The lowest BCUT2D eigenvalue weighted by Crippen LogP contribution is -2.32. The number of thiazole rings is 1. The van der Waals surface area contributed by atoms with Crippen molar-refractivity contribution in [3.05, 3.63) is 16.1 Å². The van der Waals surface area contributed by atoms with Crippen molar-refractivity contribution in [3.63, 3.8) is 0 Å². The van der Waals surface area contributed by atoms with Gasteiger partial charge in [0.1, 0.15) is 5.01 Å². The molecule has 0 fully saturated rings. The molecule has 1 aromatic rings. The van der Waals surface area contributed by atoms with Crippen LogP contribution in [0.15, 0.2) is 5.38 Å². The van der Waals surface area contributed by atoms with Crippen molar-refractivity contribution in [2.24, 2.45) is 0 Å². The van der Waals surface area contributed by atoms with Crippen LogP contribution in [0.5, 0.6) is 0 Å². The zero-order valence-electron chi connectivity index (χ0n) is 7.96. The molecule has 0 saturated heterocycles. The van der Waals surface area contributed by atoms with Crippen LogP contribution in [0, 0.1) is 6.92 Å². The number of aromatic nitrogens is 1. The van der Waals surface area contributed by atoms with Crippen molar-refractivity contribution in [2.75, 3.05) is 14.1 Å². The van der Waals surface area contributed by atoms with Gasteiger partial charge < -0.3 is 0 Å². The highest BCUT2D eigenvalue weighted by atomic mass is 32.1. The van der Waals surface area contributed by atoms with Crippen molar-refractivity contribution in [1.82, 2.24) is 15.4 Å². The average Bonchev–Trinajstić information content (AvgIpc) is 2.34. The number of hydrogen-bond donors (Lipinski definition) is 1. The fraction of sp³-hybridized carbons (Fsp3) is 0.625. The van der Waals surface area contributed by atoms with Crippen LogP contribution in [0.1, 0.15) is 23.7 Å². The van der Waals surface area contributed by atoms with E-state index in [0.717, 1.165) is 10.7 Å². The highest BCUT2D eigenvalue weighted by Gasteiger charge is 2.08. The summed E-state index contributed by atoms with van der Waals surface area (Å²) in [6.07, 6.45) is 0. The van der Waals surface area contributed by atoms with Gasteiger partial charge in [-0.3, -0.25) is 0 Å². The number of nitrogens with zero attached hydrogens (tertiary/aromatic N) is 2. The molecule has 12 heavy (non-hydrogen) atoms. The Morgan fingerprint density at radius 2 is 2.25 bits per heavy atom. The molecule has 1 heterocycles. The van der Waals surface area contributed by atoms with E-state index < -0.39 is 0 Å². The normalized spacial score (nSPS) is 13.8. The molecule has 1 atom stereocenters. The molecule has 4 heteroatoms. The first-order valence-corrected chi connectivity index (χ1v) is 4.83. The lowest BCUT2D eigenvalue weighted by molar-refractivity contribution is 0.252. The maximum atomic E-state index is 4.39. The molecule has 68 valence electrons. The summed E-state index contributed by atoms with van der Waals surface area (Å²) in [7, 11) is 3.97. The van der Waals surface area contributed by atoms with Gasteiger partial charge >= 0.3 is 0 Å². The first-order chi connectivity index (χ1) is 5.59. The Morgan fingerprint density at radius 3 is 2.67 bits per heavy atom. The van der Waals surface area contributed by atoms with Gasteiger partial charge in [0.15, 0.2) is 0 Å². The van der Waals surface area contributed by atoms with Gasteiger partial charge in [-0.05, 0) is 13.8 Å². The van der Waals surface area contributed by atoms with Crippen molar-refractivity contribution in [1.29, 1.82) is 0 Å². The largest absolute Gasteiger partial charge is 0.250 e. The van der Waals surface area contributed by atoms with Gasteiger partial charge in [-0.2, -0.15) is 0 Å². The summed E-state index contributed by atoms with van der Waals surface area (Å²) in [5.41, 5.74) is 4.35. The molecule has 0 amide bonds. The fourth-order valence-corrected chi connectivity index (χ4v) is 1.81. The number of hydrazine groups is 1. The standard InChI is InChI=1S/C8H15N3S/c1-6-5-12-8(9-6)7(2)10-11(3)4/h5,7,10H,1-4H3. The van der Waals surface area contributed by atoms with Crippen molar-refractivity contribution < 1.29 is 0 Å². The fourth-order valence-electron chi connectivity index (χ4n) is 1.01. The third-order valence-electron chi connectivity index (χ3n) is 1.46. The molecule has 0 saturated carbocycles. The maximum Gasteiger partial charge on any atom is 0.111 e. The van der Waals surface area contributed by atoms with Crippen LogP contribution in [0.25, 0.3) is 0 Å². The number of aryl methyl sites for hydroxylation is 1. The minimum Gasteiger partial charge on any atom is -0.250 e. The molecule has 0 aliphatic rings. The van der Waals surface area contributed by atoms with Gasteiger partial charge in [-0.25, -0.2) is 15.4 Å². The lowest BCUT2D eigenvalue weighted by atomic mass is 10.4. The Kier molecular flexibility index (Phi) is 3.20. The number of rotatable bonds is 3. The highest BCUT2D eigenvalue weighted by molar-refractivity contribution is 7.09. The van der Waals surface area contributed by atoms with Gasteiger partial charge in [0, 0.05) is 25.2 Å². The SMILES string of the molecule is Cc1csc(C(C)NN(C)C)n1. The van der Waals surface area contributed by atoms with E-state index in [4.69, 9.17) is 0 Å². The Balaban J connectivity index is 2.58. The van der Waals surface area contributed by atoms with E-state index in [1.54, 1.807) is 11.3 Å². The molecule has 1 unspecified atom stereocenters. The summed E-state index contributed by atoms with van der Waals surface area (Å²) in [4.78, 5) is 4.39. The van der Waals surface area contributed by atoms with Crippen LogP contribution in [0.2, 0.25) is 0 Å². The third-order valence-corrected chi connectivity index (χ3v) is 2.60. The van der Waals surface area contributed by atoms with Gasteiger partial charge in [-0.15, -0.1) is 11.3 Å². The topological polar surface area (TPSA) is 28.2 Å². The smallest absolute Gasteiger partial charge is 0.111 e. The van der Waals surface area contributed by atoms with E-state index >= 15 is 0 Å². The Hall–Kier alpha value is -0.450. The minimum absolute atomic E-state index is 0.304. The van der Waals surface area contributed by atoms with Crippen molar-refractivity contribution >= 4 is 11.3 Å². The van der Waals surface area contributed by atoms with Crippen LogP contribution in [-0.4, -0.2) is 24.1 Å². The van der Waals surface area contributed by atoms with Crippen LogP contribution in [-0.2, 0) is 0 Å². The predicted octanol–water partition coefficient (Wildman–Crippen LogP) is 1.58. The summed E-state index contributed by atoms with van der Waals surface area (Å²) >= 11 is 1.70. The quantitative estimate of drug-likeness (QED) is 0.725. The molecule has 0 spiro atoms. The monoisotopic (exact) mass is 185 g/mol. The molecule has 1 N–H and O–H groups in total. The summed E-state index contributed by atoms with van der Waals surface area (Å²) in [5, 5.41) is 5.16. The van der Waals surface area contributed by atoms with E-state index in [2.05, 4.69) is 22.7 Å². The Bertz CT molecular complexity index is 244. The number of hydrogen-bond acceptors (Lipinski definition) is 4. The zero-order valence-corrected chi connectivity index (χ0v) is 8.77. The van der Waals surface area contributed by atoms with Gasteiger partial charge in [0.05, 0.1) is 6.04 Å². The Morgan fingerprint density at radius 1 is 1.58 bits per heavy atom. The van der Waals surface area contributed by atoms with Crippen LogP contribution in [0.3, 0.4) is 0 Å². The van der Waals surface area contributed by atoms with Gasteiger partial charge in [0.2, 0.25) is 0 Å². The van der Waals surface area contributed by atoms with Gasteiger partial charge in [-0.1, -0.05) is 0 Å². The van der Waals surface area contributed by atoms with E-state index in [0.29, 0.717) is 6.04 Å². The second-order valence-corrected chi connectivity index (χ2v) is 3.96. The lowest BCUT2D eigenvalue weighted by Gasteiger charge is -2.16. The second-order valence-electron chi connectivity index (χ2n) is 3.07. The first-order valence-electron chi connectivity index (χ1n) is 3.95. The highest BCUT2D eigenvalue weighted by Crippen LogP contribution is 2.16. The molecular weight excluding hydrogens is 170 g/mol. The van der Waals surface area contributed by atoms with Gasteiger partial charge in [0.25, 0.3) is 0 Å². The first kappa shape index (κ1) is 9.64. The van der Waals surface area contributed by atoms with E-state index in [1.165, 1.54) is 0 Å². The molecular formula is C8H15N3S. The predicted molar refractivity (Wildman–Crippen MR) is 52.1 cm³/mol. The summed E-state index contributed by atoms with van der Waals surface area (Å²) < 4.78 is 0. The van der Waals surface area contributed by atoms with Crippen LogP contribution < -0.4 is 5.43 Å². The molecule has 0 aliphatic carbocycles. The van der Waals surface area contributed by atoms with Crippen LogP contribution >= 0.6 is 11.3 Å². The third kappa shape index (κ3) is 2.55. The molecule has 0 aromatic carbocycles. The summed E-state index contributed by atoms with van der Waals surface area (Å²) in [6, 6.07) is 0.304. The molecule has 0 aliphatic heterocycles. The number of nitrogens with one attached hydrogen (secondary N) is 1. The van der Waals surface area contributed by atoms with E-state index in [1.807, 2.05) is 26.0 Å². The Labute approximate surface area is 77.4 Å². The van der Waals surface area contributed by atoms with E-state index in [-0.39, 0.29) is 0 Å². The maximum absolute atomic E-state index is 4.39. The summed E-state index contributed by atoms with van der Waals surface area (Å²) in [6.45, 7) is 4.13. The molecule has 0 bridgehead atoms. The zero-order chi connectivity index (χ0) is 9.14. The second kappa shape index (κ2) is 3.98. The summed E-state index contributed by atoms with van der Waals surface area (Å²) in [5.74, 6) is 0. The van der Waals surface area contributed by atoms with Crippen molar-refractivity contribution in [2.45, 2.75) is 19.9 Å². The van der Waals surface area contributed by atoms with Crippen molar-refractivity contribution in [3.8, 4) is 0 Å².